The van der Waals surface area contributed by atoms with Crippen LogP contribution in [0.25, 0.3) is 34.0 Å². The van der Waals surface area contributed by atoms with Gasteiger partial charge in [-0.05, 0) is 73.5 Å². The van der Waals surface area contributed by atoms with Crippen molar-refractivity contribution in [3.63, 3.8) is 0 Å². The van der Waals surface area contributed by atoms with Crippen molar-refractivity contribution in [2.75, 3.05) is 76.3 Å². The summed E-state index contributed by atoms with van der Waals surface area (Å²) < 4.78 is 7.70. The average molecular weight is 805 g/mol. The molecular weight excluding hydrogens is 749 g/mol. The Bertz CT molecular complexity index is 2390. The molecule has 5 aliphatic rings. The fourth-order valence-electron chi connectivity index (χ4n) is 10.1. The van der Waals surface area contributed by atoms with Crippen LogP contribution in [0, 0.1) is 0 Å². The predicted molar refractivity (Wildman–Crippen MR) is 244 cm³/mol. The lowest BCUT2D eigenvalue weighted by Crippen LogP contribution is -2.75. The van der Waals surface area contributed by atoms with Crippen LogP contribution in [0.3, 0.4) is 0 Å². The van der Waals surface area contributed by atoms with Crippen LogP contribution in [0.2, 0.25) is 0 Å². The van der Waals surface area contributed by atoms with E-state index in [0.29, 0.717) is 12.1 Å². The fraction of sp³-hybridized carbons (Fsp3) is 0.320. The Morgan fingerprint density at radius 3 is 1.33 bits per heavy atom. The molecule has 0 saturated carbocycles. The second-order valence-corrected chi connectivity index (χ2v) is 19.5. The van der Waals surface area contributed by atoms with Gasteiger partial charge in [0.25, 0.3) is 0 Å². The Balaban J connectivity index is 0.779. The molecule has 2 bridgehead atoms. The molecule has 0 radical (unpaired) electrons. The Hall–Kier alpha value is -4.60. The number of piperazine rings is 3. The number of hydrogen-bond acceptors (Lipinski definition) is 4. The lowest BCUT2D eigenvalue weighted by Gasteiger charge is -2.55. The van der Waals surface area contributed by atoms with Crippen LogP contribution in [0.1, 0.15) is 49.9 Å². The molecule has 4 aromatic carbocycles. The second-order valence-electron chi connectivity index (χ2n) is 17.4. The molecule has 2 unspecified atom stereocenters. The van der Waals surface area contributed by atoms with Gasteiger partial charge in [0.1, 0.15) is 39.3 Å². The first-order valence-electron chi connectivity index (χ1n) is 21.3. The molecule has 5 aliphatic heterocycles. The predicted octanol–water partition coefficient (Wildman–Crippen LogP) is 9.91. The van der Waals surface area contributed by atoms with Crippen molar-refractivity contribution in [3.8, 4) is 0 Å². The molecule has 7 heterocycles. The van der Waals surface area contributed by atoms with Crippen LogP contribution >= 0.6 is 23.5 Å². The monoisotopic (exact) mass is 804 g/mol. The topological polar surface area (TPSA) is 14.2 Å². The normalized spacial score (nSPS) is 23.6. The minimum absolute atomic E-state index is 0.444. The second kappa shape index (κ2) is 15.2. The highest BCUT2D eigenvalue weighted by Gasteiger charge is 2.49. The van der Waals surface area contributed by atoms with E-state index in [1.165, 1.54) is 138 Å². The number of anilines is 2. The maximum absolute atomic E-state index is 2.54. The average Bonchev–Trinajstić information content (AvgIpc) is 3.76. The standard InChI is InChI=1S/C50H56N6S2/c1-37(53-25-21-39(41-13-5-7-15-43(41)53)35-49-51(3)45-17-9-11-19-47(45)57-49)23-27-55-29-32-56(33-30-55,34-31-55)28-24-38(2)54-26-22-40(42-14-6-8-16-44(42)54)36-50-52(4)46-18-10-12-20-48(46)58-50/h5-22,25-26,35-38H,23-24,27-34H2,1-4H3/q+4. The third-order valence-corrected chi connectivity index (χ3v) is 16.4. The number of quaternary nitrogens is 2. The highest BCUT2D eigenvalue weighted by molar-refractivity contribution is 8.04. The van der Waals surface area contributed by atoms with Gasteiger partial charge in [-0.25, -0.2) is 0 Å². The van der Waals surface area contributed by atoms with E-state index >= 15 is 0 Å². The molecular formula is C50H56N6S2+4. The maximum atomic E-state index is 2.54. The number of hydrogen-bond donors (Lipinski definition) is 0. The first kappa shape index (κ1) is 37.7. The van der Waals surface area contributed by atoms with Crippen molar-refractivity contribution in [1.29, 1.82) is 0 Å². The summed E-state index contributed by atoms with van der Waals surface area (Å²) in [5, 5.41) is 5.21. The van der Waals surface area contributed by atoms with Crippen LogP contribution < -0.4 is 18.9 Å². The molecule has 0 amide bonds. The summed E-state index contributed by atoms with van der Waals surface area (Å²) in [6, 6.07) is 41.0. The van der Waals surface area contributed by atoms with Gasteiger partial charge >= 0.3 is 0 Å². The molecule has 6 nitrogen and oxygen atoms in total. The zero-order valence-corrected chi connectivity index (χ0v) is 36.1. The molecule has 11 rings (SSSR count). The summed E-state index contributed by atoms with van der Waals surface area (Å²) in [5.41, 5.74) is 7.82. The highest BCUT2D eigenvalue weighted by Crippen LogP contribution is 2.47. The van der Waals surface area contributed by atoms with Crippen molar-refractivity contribution in [2.45, 2.75) is 48.6 Å². The number of rotatable bonds is 10. The molecule has 8 heteroatoms. The van der Waals surface area contributed by atoms with E-state index in [0.717, 1.165) is 0 Å². The van der Waals surface area contributed by atoms with E-state index in [-0.39, 0.29) is 0 Å². The summed E-state index contributed by atoms with van der Waals surface area (Å²) in [7, 11) is 4.37. The van der Waals surface area contributed by atoms with Crippen LogP contribution in [0.5, 0.6) is 0 Å². The van der Waals surface area contributed by atoms with E-state index in [1.807, 2.05) is 23.5 Å². The third kappa shape index (κ3) is 6.82. The molecule has 0 N–H and O–H groups in total. The van der Waals surface area contributed by atoms with Crippen molar-refractivity contribution >= 4 is 68.9 Å². The molecule has 2 atom stereocenters. The van der Waals surface area contributed by atoms with Gasteiger partial charge in [0.2, 0.25) is 11.0 Å². The lowest BCUT2D eigenvalue weighted by molar-refractivity contribution is -1.08. The van der Waals surface area contributed by atoms with Crippen LogP contribution in [0.15, 0.2) is 141 Å². The van der Waals surface area contributed by atoms with Crippen LogP contribution in [-0.2, 0) is 0 Å². The number of aromatic nitrogens is 2. The summed E-state index contributed by atoms with van der Waals surface area (Å²) in [6.45, 7) is 15.3. The van der Waals surface area contributed by atoms with Crippen LogP contribution in [-0.4, -0.2) is 75.4 Å². The third-order valence-electron chi connectivity index (χ3n) is 14.1. The van der Waals surface area contributed by atoms with E-state index in [1.54, 1.807) is 0 Å². The quantitative estimate of drug-likeness (QED) is 0.101. The molecule has 3 fully saturated rings. The molecule has 6 aromatic rings. The van der Waals surface area contributed by atoms with Gasteiger partial charge in [-0.15, -0.1) is 0 Å². The number of thioether (sulfide) groups is 2. The van der Waals surface area contributed by atoms with Crippen molar-refractivity contribution in [1.82, 2.24) is 0 Å². The molecule has 294 valence electrons. The first-order valence-corrected chi connectivity index (χ1v) is 22.9. The number of nitrogens with zero attached hydrogens (tertiary/aromatic N) is 6. The Morgan fingerprint density at radius 2 is 0.914 bits per heavy atom. The highest BCUT2D eigenvalue weighted by atomic mass is 32.2. The van der Waals surface area contributed by atoms with Gasteiger partial charge in [0.15, 0.2) is 24.5 Å². The van der Waals surface area contributed by atoms with Crippen molar-refractivity contribution in [2.24, 2.45) is 0 Å². The number of fused-ring (bicyclic) bond motifs is 7. The van der Waals surface area contributed by atoms with Crippen molar-refractivity contribution < 1.29 is 18.1 Å². The Kier molecular flexibility index (Phi) is 9.88. The lowest BCUT2D eigenvalue weighted by atomic mass is 10.0. The molecule has 2 aromatic heterocycles. The van der Waals surface area contributed by atoms with E-state index < -0.39 is 0 Å². The van der Waals surface area contributed by atoms with Gasteiger partial charge in [-0.3, -0.25) is 0 Å². The van der Waals surface area contributed by atoms with E-state index in [9.17, 15) is 0 Å². The number of pyridine rings is 2. The zero-order chi connectivity index (χ0) is 39.4. The van der Waals surface area contributed by atoms with Crippen molar-refractivity contribution in [3.05, 3.63) is 143 Å². The summed E-state index contributed by atoms with van der Waals surface area (Å²) in [6.07, 6.45) is 11.9. The molecule has 0 aliphatic carbocycles. The largest absolute Gasteiger partial charge is 0.338 e. The summed E-state index contributed by atoms with van der Waals surface area (Å²) in [5.74, 6) is 0. The van der Waals surface area contributed by atoms with Gasteiger partial charge in [0.05, 0.1) is 58.1 Å². The minimum Gasteiger partial charge on any atom is -0.338 e. The van der Waals surface area contributed by atoms with Gasteiger partial charge in [-0.2, -0.15) is 9.13 Å². The van der Waals surface area contributed by atoms with Gasteiger partial charge < -0.3 is 18.8 Å². The van der Waals surface area contributed by atoms with Gasteiger partial charge in [0, 0.05) is 48.2 Å². The minimum atomic E-state index is 0.444. The first-order chi connectivity index (χ1) is 28.3. The van der Waals surface area contributed by atoms with E-state index in [4.69, 9.17) is 0 Å². The van der Waals surface area contributed by atoms with Gasteiger partial charge in [-0.1, -0.05) is 72.1 Å². The van der Waals surface area contributed by atoms with Crippen LogP contribution in [0.4, 0.5) is 11.4 Å². The maximum Gasteiger partial charge on any atom is 0.213 e. The smallest absolute Gasteiger partial charge is 0.213 e. The Morgan fingerprint density at radius 1 is 0.534 bits per heavy atom. The fourth-order valence-corrected chi connectivity index (χ4v) is 12.3. The van der Waals surface area contributed by atoms with E-state index in [2.05, 4.69) is 181 Å². The summed E-state index contributed by atoms with van der Waals surface area (Å²) in [4.78, 5) is 7.31. The molecule has 58 heavy (non-hydrogen) atoms. The summed E-state index contributed by atoms with van der Waals surface area (Å²) >= 11 is 3.73. The number of benzene rings is 4. The molecule has 3 saturated heterocycles. The molecule has 0 spiro atoms. The Labute approximate surface area is 352 Å². The zero-order valence-electron chi connectivity index (χ0n) is 34.4. The SMILES string of the molecule is CC(CC[N+]12CC[N+](CCC(C)[n+]3ccc(C=C4Sc5ccccc5N4C)c4ccccc43)(CC1)CC2)[n+]1ccc(C=C2Sc3ccccc3N2C)c2ccccc21. The number of para-hydroxylation sites is 4.